The molecule has 0 radical (unpaired) electrons. The highest BCUT2D eigenvalue weighted by atomic mass is 15.4. The van der Waals surface area contributed by atoms with Gasteiger partial charge in [-0.25, -0.2) is 0 Å². The third-order valence-electron chi connectivity index (χ3n) is 7.26. The maximum Gasteiger partial charge on any atom is 0.0597 e. The summed E-state index contributed by atoms with van der Waals surface area (Å²) in [5.74, 6) is 0. The minimum atomic E-state index is 0.594. The van der Waals surface area contributed by atoms with Crippen LogP contribution in [0.3, 0.4) is 0 Å². The Morgan fingerprint density at radius 1 is 0.613 bits per heavy atom. The SMILES string of the molecule is CCCCCCCCCCCCCCCCCCN1CCN(Cc2ccccc2)C1C. The van der Waals surface area contributed by atoms with E-state index in [4.69, 9.17) is 0 Å². The molecule has 2 heteroatoms. The van der Waals surface area contributed by atoms with Gasteiger partial charge in [0.1, 0.15) is 0 Å². The summed E-state index contributed by atoms with van der Waals surface area (Å²) >= 11 is 0. The molecule has 0 saturated carbocycles. The molecule has 0 aliphatic carbocycles. The molecule has 1 atom stereocenters. The first kappa shape index (κ1) is 26.4. The number of benzene rings is 1. The maximum atomic E-state index is 2.69. The van der Waals surface area contributed by atoms with Gasteiger partial charge in [-0.3, -0.25) is 9.80 Å². The highest BCUT2D eigenvalue weighted by Gasteiger charge is 2.27. The largest absolute Gasteiger partial charge is 0.287 e. The molecule has 178 valence electrons. The van der Waals surface area contributed by atoms with E-state index in [1.54, 1.807) is 0 Å². The van der Waals surface area contributed by atoms with Crippen LogP contribution in [-0.4, -0.2) is 35.6 Å². The van der Waals surface area contributed by atoms with E-state index in [9.17, 15) is 0 Å². The quantitative estimate of drug-likeness (QED) is 0.204. The van der Waals surface area contributed by atoms with Gasteiger partial charge >= 0.3 is 0 Å². The lowest BCUT2D eigenvalue weighted by atomic mass is 10.0. The van der Waals surface area contributed by atoms with Crippen molar-refractivity contribution in [3.05, 3.63) is 35.9 Å². The summed E-state index contributed by atoms with van der Waals surface area (Å²) in [6.07, 6.45) is 23.8. The zero-order valence-electron chi connectivity index (χ0n) is 21.0. The van der Waals surface area contributed by atoms with E-state index in [1.165, 1.54) is 128 Å². The average molecular weight is 429 g/mol. The van der Waals surface area contributed by atoms with Gasteiger partial charge in [0.15, 0.2) is 0 Å². The van der Waals surface area contributed by atoms with Crippen LogP contribution in [0.15, 0.2) is 30.3 Å². The zero-order valence-corrected chi connectivity index (χ0v) is 21.0. The fourth-order valence-corrected chi connectivity index (χ4v) is 5.05. The first-order valence-electron chi connectivity index (χ1n) is 13.8. The van der Waals surface area contributed by atoms with E-state index >= 15 is 0 Å². The molecular formula is C29H52N2. The zero-order chi connectivity index (χ0) is 22.0. The van der Waals surface area contributed by atoms with Crippen molar-refractivity contribution >= 4 is 0 Å². The third-order valence-corrected chi connectivity index (χ3v) is 7.26. The molecule has 0 amide bonds. The van der Waals surface area contributed by atoms with Crippen molar-refractivity contribution in [2.45, 2.75) is 129 Å². The molecule has 1 aromatic rings. The summed E-state index contributed by atoms with van der Waals surface area (Å²) < 4.78 is 0. The lowest BCUT2D eigenvalue weighted by Crippen LogP contribution is -2.36. The van der Waals surface area contributed by atoms with Crippen LogP contribution in [0, 0.1) is 0 Å². The molecule has 0 bridgehead atoms. The number of hydrogen-bond acceptors (Lipinski definition) is 2. The summed E-state index contributed by atoms with van der Waals surface area (Å²) in [7, 11) is 0. The normalized spacial score (nSPS) is 17.5. The average Bonchev–Trinajstić information content (AvgIpc) is 3.13. The molecule has 1 fully saturated rings. The van der Waals surface area contributed by atoms with E-state index < -0.39 is 0 Å². The predicted octanol–water partition coefficient (Wildman–Crippen LogP) is 8.41. The van der Waals surface area contributed by atoms with Crippen LogP contribution in [0.2, 0.25) is 0 Å². The Morgan fingerprint density at radius 2 is 1.06 bits per heavy atom. The number of unbranched alkanes of at least 4 members (excludes halogenated alkanes) is 15. The van der Waals surface area contributed by atoms with Crippen molar-refractivity contribution in [3.8, 4) is 0 Å². The monoisotopic (exact) mass is 428 g/mol. The molecule has 31 heavy (non-hydrogen) atoms. The van der Waals surface area contributed by atoms with Crippen LogP contribution in [0.5, 0.6) is 0 Å². The molecule has 1 aliphatic rings. The minimum absolute atomic E-state index is 0.594. The van der Waals surface area contributed by atoms with Crippen LogP contribution in [0.1, 0.15) is 122 Å². The van der Waals surface area contributed by atoms with Gasteiger partial charge in [-0.05, 0) is 25.5 Å². The Balaban J connectivity index is 1.34. The number of nitrogens with zero attached hydrogens (tertiary/aromatic N) is 2. The molecular weight excluding hydrogens is 376 g/mol. The standard InChI is InChI=1S/C29H52N2/c1-3-4-5-6-7-8-9-10-11-12-13-14-15-16-17-21-24-30-25-26-31(28(30)2)27-29-22-19-18-20-23-29/h18-20,22-23,28H,3-17,21,24-27H2,1-2H3. The van der Waals surface area contributed by atoms with E-state index in [0.717, 1.165) is 6.54 Å². The number of rotatable bonds is 19. The second-order valence-electron chi connectivity index (χ2n) is 9.93. The molecule has 2 nitrogen and oxygen atoms in total. The van der Waals surface area contributed by atoms with E-state index in [2.05, 4.69) is 54.0 Å². The van der Waals surface area contributed by atoms with Crippen molar-refractivity contribution in [1.29, 1.82) is 0 Å². The van der Waals surface area contributed by atoms with Crippen LogP contribution in [0.25, 0.3) is 0 Å². The molecule has 1 saturated heterocycles. The summed E-state index contributed by atoms with van der Waals surface area (Å²) in [5, 5.41) is 0. The van der Waals surface area contributed by atoms with Gasteiger partial charge < -0.3 is 0 Å². The molecule has 0 spiro atoms. The first-order valence-corrected chi connectivity index (χ1v) is 13.8. The van der Waals surface area contributed by atoms with E-state index in [-0.39, 0.29) is 0 Å². The third kappa shape index (κ3) is 12.1. The smallest absolute Gasteiger partial charge is 0.0597 e. The van der Waals surface area contributed by atoms with Gasteiger partial charge in [0.25, 0.3) is 0 Å². The molecule has 1 aliphatic heterocycles. The second kappa shape index (κ2) is 17.7. The summed E-state index contributed by atoms with van der Waals surface area (Å²) in [6.45, 7) is 9.53. The van der Waals surface area contributed by atoms with E-state index in [0.29, 0.717) is 6.17 Å². The van der Waals surface area contributed by atoms with Gasteiger partial charge in [-0.2, -0.15) is 0 Å². The van der Waals surface area contributed by atoms with Crippen molar-refractivity contribution in [1.82, 2.24) is 9.80 Å². The van der Waals surface area contributed by atoms with Gasteiger partial charge in [0.2, 0.25) is 0 Å². The van der Waals surface area contributed by atoms with Crippen molar-refractivity contribution < 1.29 is 0 Å². The Bertz CT molecular complexity index is 515. The van der Waals surface area contributed by atoms with Crippen LogP contribution < -0.4 is 0 Å². The van der Waals surface area contributed by atoms with Crippen LogP contribution >= 0.6 is 0 Å². The van der Waals surface area contributed by atoms with Gasteiger partial charge in [0.05, 0.1) is 6.17 Å². The Hall–Kier alpha value is -0.860. The predicted molar refractivity (Wildman–Crippen MR) is 137 cm³/mol. The first-order chi connectivity index (χ1) is 15.3. The van der Waals surface area contributed by atoms with Gasteiger partial charge in [-0.1, -0.05) is 134 Å². The highest BCUT2D eigenvalue weighted by molar-refractivity contribution is 5.14. The topological polar surface area (TPSA) is 6.48 Å². The van der Waals surface area contributed by atoms with Gasteiger partial charge in [0, 0.05) is 19.6 Å². The molecule has 1 heterocycles. The Kier molecular flexibility index (Phi) is 15.0. The molecule has 0 N–H and O–H groups in total. The molecule has 1 unspecified atom stereocenters. The molecule has 0 aromatic heterocycles. The fourth-order valence-electron chi connectivity index (χ4n) is 5.05. The van der Waals surface area contributed by atoms with Crippen molar-refractivity contribution in [3.63, 3.8) is 0 Å². The lowest BCUT2D eigenvalue weighted by Gasteiger charge is -2.27. The maximum absolute atomic E-state index is 2.69. The van der Waals surface area contributed by atoms with Crippen LogP contribution in [0.4, 0.5) is 0 Å². The van der Waals surface area contributed by atoms with Crippen molar-refractivity contribution in [2.75, 3.05) is 19.6 Å². The summed E-state index contributed by atoms with van der Waals surface area (Å²) in [4.78, 5) is 5.31. The Labute approximate surface area is 194 Å². The van der Waals surface area contributed by atoms with Crippen molar-refractivity contribution in [2.24, 2.45) is 0 Å². The Morgan fingerprint density at radius 3 is 1.58 bits per heavy atom. The van der Waals surface area contributed by atoms with E-state index in [1.807, 2.05) is 0 Å². The molecule has 2 rings (SSSR count). The number of hydrogen-bond donors (Lipinski definition) is 0. The summed E-state index contributed by atoms with van der Waals surface area (Å²) in [6, 6.07) is 10.9. The highest BCUT2D eigenvalue weighted by Crippen LogP contribution is 2.19. The minimum Gasteiger partial charge on any atom is -0.287 e. The summed E-state index contributed by atoms with van der Waals surface area (Å²) in [5.41, 5.74) is 1.44. The molecule has 1 aromatic carbocycles. The lowest BCUT2D eigenvalue weighted by molar-refractivity contribution is 0.145. The second-order valence-corrected chi connectivity index (χ2v) is 9.93. The van der Waals surface area contributed by atoms with Gasteiger partial charge in [-0.15, -0.1) is 0 Å². The van der Waals surface area contributed by atoms with Crippen LogP contribution in [-0.2, 0) is 6.54 Å². The fraction of sp³-hybridized carbons (Fsp3) is 0.793.